The second kappa shape index (κ2) is 9.52. The molecular formula is C21H22N2O4. The van der Waals surface area contributed by atoms with E-state index in [-0.39, 0.29) is 12.6 Å². The van der Waals surface area contributed by atoms with Crippen molar-refractivity contribution < 1.29 is 19.1 Å². The molecule has 0 saturated heterocycles. The van der Waals surface area contributed by atoms with E-state index in [0.29, 0.717) is 18.9 Å². The van der Waals surface area contributed by atoms with Crippen molar-refractivity contribution in [1.29, 1.82) is 0 Å². The fraction of sp³-hybridized carbons (Fsp3) is 0.286. The third kappa shape index (κ3) is 5.67. The van der Waals surface area contributed by atoms with E-state index in [0.717, 1.165) is 24.0 Å². The standard InChI is InChI=1S/C21H22N2O4/c24-20-18(23-19(27-20)17-11-5-2-6-12-17)13-7-8-14-22-21(25)26-15-16-9-3-1-4-10-16/h1-6,9-12,18H,7-8,13-15H2,(H,22,25). The number of hydrogen-bond acceptors (Lipinski definition) is 5. The predicted molar refractivity (Wildman–Crippen MR) is 101 cm³/mol. The van der Waals surface area contributed by atoms with Crippen LogP contribution in [-0.2, 0) is 20.9 Å². The van der Waals surface area contributed by atoms with Crippen molar-refractivity contribution in [2.45, 2.75) is 31.9 Å². The minimum Gasteiger partial charge on any atom is -0.445 e. The molecule has 0 aromatic heterocycles. The van der Waals surface area contributed by atoms with Crippen LogP contribution in [-0.4, -0.2) is 30.5 Å². The topological polar surface area (TPSA) is 77.0 Å². The smallest absolute Gasteiger partial charge is 0.407 e. The zero-order chi connectivity index (χ0) is 18.9. The Bertz CT molecular complexity index is 790. The van der Waals surface area contributed by atoms with Gasteiger partial charge in [-0.15, -0.1) is 0 Å². The van der Waals surface area contributed by atoms with Gasteiger partial charge in [0.25, 0.3) is 0 Å². The van der Waals surface area contributed by atoms with Crippen molar-refractivity contribution in [3.63, 3.8) is 0 Å². The number of carbonyl (C=O) groups excluding carboxylic acids is 2. The van der Waals surface area contributed by atoms with Crippen LogP contribution >= 0.6 is 0 Å². The molecule has 1 aliphatic heterocycles. The van der Waals surface area contributed by atoms with E-state index >= 15 is 0 Å². The van der Waals surface area contributed by atoms with Crippen LogP contribution in [0.25, 0.3) is 0 Å². The Balaban J connectivity index is 1.32. The highest BCUT2D eigenvalue weighted by atomic mass is 16.6. The first-order chi connectivity index (χ1) is 13.2. The molecule has 1 unspecified atom stereocenters. The lowest BCUT2D eigenvalue weighted by Gasteiger charge is -2.07. The molecule has 1 heterocycles. The van der Waals surface area contributed by atoms with Crippen LogP contribution in [0.5, 0.6) is 0 Å². The molecule has 0 bridgehead atoms. The number of nitrogens with one attached hydrogen (secondary N) is 1. The van der Waals surface area contributed by atoms with Gasteiger partial charge in [-0.2, -0.15) is 0 Å². The number of benzene rings is 2. The van der Waals surface area contributed by atoms with Crippen LogP contribution < -0.4 is 5.32 Å². The second-order valence-corrected chi connectivity index (χ2v) is 6.22. The molecule has 1 aliphatic rings. The van der Waals surface area contributed by atoms with Gasteiger partial charge in [0.2, 0.25) is 5.90 Å². The summed E-state index contributed by atoms with van der Waals surface area (Å²) >= 11 is 0. The summed E-state index contributed by atoms with van der Waals surface area (Å²) in [6, 6.07) is 18.4. The third-order valence-electron chi connectivity index (χ3n) is 4.15. The van der Waals surface area contributed by atoms with Crippen molar-refractivity contribution in [2.24, 2.45) is 4.99 Å². The number of rotatable bonds is 8. The number of alkyl carbamates (subject to hydrolysis) is 1. The van der Waals surface area contributed by atoms with Gasteiger partial charge in [0, 0.05) is 12.1 Å². The maximum absolute atomic E-state index is 11.9. The number of nitrogens with zero attached hydrogens (tertiary/aromatic N) is 1. The average molecular weight is 366 g/mol. The molecule has 0 fully saturated rings. The summed E-state index contributed by atoms with van der Waals surface area (Å²) in [6.45, 7) is 0.738. The number of amides is 1. The summed E-state index contributed by atoms with van der Waals surface area (Å²) in [5.74, 6) is 0.0669. The van der Waals surface area contributed by atoms with E-state index in [1.165, 1.54) is 0 Å². The molecule has 1 amide bonds. The van der Waals surface area contributed by atoms with Crippen molar-refractivity contribution in [1.82, 2.24) is 5.32 Å². The lowest BCUT2D eigenvalue weighted by molar-refractivity contribution is -0.135. The highest BCUT2D eigenvalue weighted by Gasteiger charge is 2.29. The maximum Gasteiger partial charge on any atom is 0.407 e. The van der Waals surface area contributed by atoms with Gasteiger partial charge in [-0.05, 0) is 37.0 Å². The zero-order valence-electron chi connectivity index (χ0n) is 15.0. The molecule has 2 aromatic rings. The van der Waals surface area contributed by atoms with Gasteiger partial charge in [-0.1, -0.05) is 48.5 Å². The Morgan fingerprint density at radius 2 is 1.74 bits per heavy atom. The first kappa shape index (κ1) is 18.6. The van der Waals surface area contributed by atoms with Crippen LogP contribution in [0, 0.1) is 0 Å². The normalized spacial score (nSPS) is 15.8. The first-order valence-corrected chi connectivity index (χ1v) is 9.02. The van der Waals surface area contributed by atoms with E-state index in [1.54, 1.807) is 0 Å². The van der Waals surface area contributed by atoms with E-state index < -0.39 is 12.1 Å². The van der Waals surface area contributed by atoms with Crippen LogP contribution in [0.1, 0.15) is 30.4 Å². The van der Waals surface area contributed by atoms with Gasteiger partial charge in [0.15, 0.2) is 6.04 Å². The number of hydrogen-bond donors (Lipinski definition) is 1. The van der Waals surface area contributed by atoms with Crippen molar-refractivity contribution >= 4 is 18.0 Å². The van der Waals surface area contributed by atoms with E-state index in [1.807, 2.05) is 60.7 Å². The summed E-state index contributed by atoms with van der Waals surface area (Å²) < 4.78 is 10.4. The molecule has 0 aliphatic carbocycles. The molecule has 1 N–H and O–H groups in total. The number of ether oxygens (including phenoxy) is 2. The molecule has 0 saturated carbocycles. The highest BCUT2D eigenvalue weighted by molar-refractivity contribution is 6.06. The molecule has 0 radical (unpaired) electrons. The van der Waals surface area contributed by atoms with Crippen molar-refractivity contribution in [2.75, 3.05) is 6.54 Å². The Labute approximate surface area is 158 Å². The van der Waals surface area contributed by atoms with Gasteiger partial charge >= 0.3 is 12.1 Å². The number of aliphatic imine (C=N–C) groups is 1. The molecule has 6 heteroatoms. The monoisotopic (exact) mass is 366 g/mol. The summed E-state index contributed by atoms with van der Waals surface area (Å²) in [5.41, 5.74) is 1.75. The quantitative estimate of drug-likeness (QED) is 0.573. The molecule has 0 spiro atoms. The summed E-state index contributed by atoms with van der Waals surface area (Å²) in [4.78, 5) is 27.9. The van der Waals surface area contributed by atoms with Crippen LogP contribution in [0.4, 0.5) is 4.79 Å². The molecule has 27 heavy (non-hydrogen) atoms. The Hall–Kier alpha value is -3.15. The molecule has 2 aromatic carbocycles. The van der Waals surface area contributed by atoms with E-state index in [4.69, 9.17) is 9.47 Å². The van der Waals surface area contributed by atoms with Gasteiger partial charge in [-0.25, -0.2) is 14.6 Å². The number of esters is 1. The number of carbonyl (C=O) groups is 2. The zero-order valence-corrected chi connectivity index (χ0v) is 15.0. The fourth-order valence-corrected chi connectivity index (χ4v) is 2.71. The van der Waals surface area contributed by atoms with E-state index in [9.17, 15) is 9.59 Å². The Kier molecular flexibility index (Phi) is 6.57. The van der Waals surface area contributed by atoms with Crippen LogP contribution in [0.2, 0.25) is 0 Å². The van der Waals surface area contributed by atoms with Crippen molar-refractivity contribution in [3.8, 4) is 0 Å². The first-order valence-electron chi connectivity index (χ1n) is 9.02. The third-order valence-corrected chi connectivity index (χ3v) is 4.15. The summed E-state index contributed by atoms with van der Waals surface area (Å²) in [7, 11) is 0. The lowest BCUT2D eigenvalue weighted by atomic mass is 10.1. The summed E-state index contributed by atoms with van der Waals surface area (Å²) in [6.07, 6.45) is 1.64. The highest BCUT2D eigenvalue weighted by Crippen LogP contribution is 2.17. The van der Waals surface area contributed by atoms with Crippen molar-refractivity contribution in [3.05, 3.63) is 71.8 Å². The van der Waals surface area contributed by atoms with E-state index in [2.05, 4.69) is 10.3 Å². The van der Waals surface area contributed by atoms with Gasteiger partial charge in [0.1, 0.15) is 6.61 Å². The molecule has 140 valence electrons. The van der Waals surface area contributed by atoms with Crippen LogP contribution in [0.15, 0.2) is 65.7 Å². The molecular weight excluding hydrogens is 344 g/mol. The van der Waals surface area contributed by atoms with Crippen LogP contribution in [0.3, 0.4) is 0 Å². The minimum absolute atomic E-state index is 0.248. The Morgan fingerprint density at radius 3 is 2.48 bits per heavy atom. The van der Waals surface area contributed by atoms with Gasteiger partial charge in [0.05, 0.1) is 0 Å². The molecule has 1 atom stereocenters. The lowest BCUT2D eigenvalue weighted by Crippen LogP contribution is -2.25. The van der Waals surface area contributed by atoms with Gasteiger partial charge < -0.3 is 14.8 Å². The maximum atomic E-state index is 11.9. The number of cyclic esters (lactones) is 1. The van der Waals surface area contributed by atoms with Gasteiger partial charge in [-0.3, -0.25) is 0 Å². The fourth-order valence-electron chi connectivity index (χ4n) is 2.71. The predicted octanol–water partition coefficient (Wildman–Crippen LogP) is 3.46. The summed E-state index contributed by atoms with van der Waals surface area (Å²) in [5, 5.41) is 2.71. The Morgan fingerprint density at radius 1 is 1.04 bits per heavy atom. The minimum atomic E-state index is -0.467. The second-order valence-electron chi connectivity index (χ2n) is 6.22. The SMILES string of the molecule is O=C(NCCCCC1N=C(c2ccccc2)OC1=O)OCc1ccccc1. The average Bonchev–Trinajstić information content (AvgIpc) is 3.08. The largest absolute Gasteiger partial charge is 0.445 e. The number of unbranched alkanes of at least 4 members (excludes halogenated alkanes) is 1. The molecule has 6 nitrogen and oxygen atoms in total. The molecule has 3 rings (SSSR count).